The molecule has 1 saturated heterocycles. The number of anilines is 1. The molecule has 4 aromatic rings. The summed E-state index contributed by atoms with van der Waals surface area (Å²) in [5.41, 5.74) is 9.44. The van der Waals surface area contributed by atoms with Crippen LogP contribution in [-0.2, 0) is 9.47 Å². The molecule has 2 atom stereocenters. The van der Waals surface area contributed by atoms with Gasteiger partial charge in [-0.25, -0.2) is 14.5 Å². The Morgan fingerprint density at radius 1 is 1.35 bits per heavy atom. The highest BCUT2D eigenvalue weighted by atomic mass is 16.5. The van der Waals surface area contributed by atoms with E-state index in [0.29, 0.717) is 24.6 Å². The predicted octanol–water partition coefficient (Wildman–Crippen LogP) is 1.86. The fraction of sp³-hybridized carbons (Fsp3) is 0.333. The number of methoxy groups -OCH3 is 1. The molecule has 0 aliphatic carbocycles. The maximum atomic E-state index is 11.9. The molecular formula is C21H23N7O3. The van der Waals surface area contributed by atoms with Gasteiger partial charge in [-0.2, -0.15) is 5.10 Å². The number of amides is 1. The first-order chi connectivity index (χ1) is 15.1. The highest BCUT2D eigenvalue weighted by Crippen LogP contribution is 2.35. The van der Waals surface area contributed by atoms with Crippen molar-refractivity contribution in [2.45, 2.75) is 18.6 Å². The van der Waals surface area contributed by atoms with Gasteiger partial charge in [-0.15, -0.1) is 0 Å². The van der Waals surface area contributed by atoms with Crippen molar-refractivity contribution in [3.05, 3.63) is 42.5 Å². The summed E-state index contributed by atoms with van der Waals surface area (Å²) in [6, 6.07) is 5.92. The topological polar surface area (TPSA) is 122 Å². The van der Waals surface area contributed by atoms with Gasteiger partial charge in [0.15, 0.2) is 5.65 Å². The molecule has 0 radical (unpaired) electrons. The number of hydrogen-bond acceptors (Lipinski definition) is 7. The van der Waals surface area contributed by atoms with E-state index >= 15 is 0 Å². The summed E-state index contributed by atoms with van der Waals surface area (Å²) < 4.78 is 14.9. The summed E-state index contributed by atoms with van der Waals surface area (Å²) in [6.07, 6.45) is 6.01. The molecule has 5 heterocycles. The Morgan fingerprint density at radius 2 is 2.23 bits per heavy atom. The number of carbonyl (C=O) groups is 1. The number of fused-ring (bicyclic) bond motifs is 2. The lowest BCUT2D eigenvalue weighted by atomic mass is 10.1. The van der Waals surface area contributed by atoms with Gasteiger partial charge in [-0.3, -0.25) is 4.79 Å². The second-order valence-corrected chi connectivity index (χ2v) is 7.47. The molecule has 0 bridgehead atoms. The second kappa shape index (κ2) is 7.64. The van der Waals surface area contributed by atoms with Crippen LogP contribution in [0.15, 0.2) is 36.8 Å². The minimum atomic E-state index is -0.589. The van der Waals surface area contributed by atoms with Crippen molar-refractivity contribution in [3.63, 3.8) is 0 Å². The lowest BCUT2D eigenvalue weighted by Gasteiger charge is -2.31. The fourth-order valence-corrected chi connectivity index (χ4v) is 4.24. The molecule has 10 heteroatoms. The van der Waals surface area contributed by atoms with Crippen LogP contribution < -0.4 is 11.1 Å². The Labute approximate surface area is 178 Å². The Hall–Kier alpha value is -3.50. The average molecular weight is 421 g/mol. The molecule has 1 fully saturated rings. The van der Waals surface area contributed by atoms with Crippen LogP contribution in [0.1, 0.15) is 23.0 Å². The minimum Gasteiger partial charge on any atom is -0.385 e. The third-order valence-corrected chi connectivity index (χ3v) is 5.78. The van der Waals surface area contributed by atoms with Crippen molar-refractivity contribution in [1.82, 2.24) is 24.1 Å². The van der Waals surface area contributed by atoms with E-state index in [0.717, 1.165) is 28.7 Å². The van der Waals surface area contributed by atoms with Crippen LogP contribution in [0.3, 0.4) is 0 Å². The minimum absolute atomic E-state index is 0.0716. The van der Waals surface area contributed by atoms with Crippen molar-refractivity contribution in [2.24, 2.45) is 5.73 Å². The molecule has 4 aromatic heterocycles. The van der Waals surface area contributed by atoms with Crippen LogP contribution in [0.2, 0.25) is 0 Å². The third kappa shape index (κ3) is 3.11. The Kier molecular flexibility index (Phi) is 4.79. The van der Waals surface area contributed by atoms with Gasteiger partial charge >= 0.3 is 0 Å². The van der Waals surface area contributed by atoms with Crippen LogP contribution in [0.4, 0.5) is 5.69 Å². The molecular weight excluding hydrogens is 398 g/mol. The van der Waals surface area contributed by atoms with E-state index in [1.807, 2.05) is 24.4 Å². The van der Waals surface area contributed by atoms with Crippen LogP contribution in [0.5, 0.6) is 0 Å². The van der Waals surface area contributed by atoms with Crippen LogP contribution >= 0.6 is 0 Å². The third-order valence-electron chi connectivity index (χ3n) is 5.78. The summed E-state index contributed by atoms with van der Waals surface area (Å²) in [5.74, 6) is -0.589. The van der Waals surface area contributed by atoms with Crippen LogP contribution in [0, 0.1) is 0 Å². The van der Waals surface area contributed by atoms with Gasteiger partial charge in [-0.05, 0) is 24.6 Å². The Balaban J connectivity index is 1.73. The van der Waals surface area contributed by atoms with Crippen molar-refractivity contribution in [2.75, 3.05) is 32.7 Å². The smallest absolute Gasteiger partial charge is 0.269 e. The molecule has 160 valence electrons. The number of aromatic nitrogens is 5. The van der Waals surface area contributed by atoms with Gasteiger partial charge in [0.25, 0.3) is 5.91 Å². The summed E-state index contributed by atoms with van der Waals surface area (Å²) >= 11 is 0. The van der Waals surface area contributed by atoms with E-state index in [2.05, 4.69) is 19.9 Å². The maximum Gasteiger partial charge on any atom is 0.269 e. The molecule has 31 heavy (non-hydrogen) atoms. The van der Waals surface area contributed by atoms with Crippen molar-refractivity contribution in [3.8, 4) is 11.3 Å². The molecule has 1 aliphatic rings. The van der Waals surface area contributed by atoms with E-state index < -0.39 is 5.91 Å². The zero-order chi connectivity index (χ0) is 21.5. The van der Waals surface area contributed by atoms with E-state index in [4.69, 9.17) is 20.3 Å². The zero-order valence-corrected chi connectivity index (χ0v) is 17.3. The van der Waals surface area contributed by atoms with Gasteiger partial charge in [0.05, 0.1) is 30.2 Å². The quantitative estimate of drug-likeness (QED) is 0.504. The highest BCUT2D eigenvalue weighted by molar-refractivity contribution is 5.95. The first-order valence-electron chi connectivity index (χ1n) is 10.0. The van der Waals surface area contributed by atoms with Crippen molar-refractivity contribution >= 4 is 28.3 Å². The lowest BCUT2D eigenvalue weighted by Crippen LogP contribution is -2.35. The molecule has 0 unspecified atom stereocenters. The monoisotopic (exact) mass is 421 g/mol. The van der Waals surface area contributed by atoms with Gasteiger partial charge in [-0.1, -0.05) is 0 Å². The molecule has 0 aromatic carbocycles. The van der Waals surface area contributed by atoms with Crippen LogP contribution in [-0.4, -0.2) is 63.5 Å². The number of nitrogens with two attached hydrogens (primary N) is 1. The first-order valence-corrected chi connectivity index (χ1v) is 10.0. The number of ether oxygens (including phenoxy) is 2. The van der Waals surface area contributed by atoms with E-state index in [9.17, 15) is 4.79 Å². The molecule has 3 N–H and O–H groups in total. The molecule has 0 saturated carbocycles. The number of rotatable bonds is 5. The molecule has 1 aliphatic heterocycles. The van der Waals surface area contributed by atoms with Gasteiger partial charge < -0.3 is 25.1 Å². The summed E-state index contributed by atoms with van der Waals surface area (Å²) in [6.45, 7) is 1.20. The molecule has 0 spiro atoms. The second-order valence-electron chi connectivity index (χ2n) is 7.47. The predicted molar refractivity (Wildman–Crippen MR) is 115 cm³/mol. The van der Waals surface area contributed by atoms with Crippen molar-refractivity contribution in [1.29, 1.82) is 0 Å². The molecule has 10 nitrogen and oxygen atoms in total. The maximum absolute atomic E-state index is 11.9. The Bertz CT molecular complexity index is 1280. The number of imidazole rings is 1. The largest absolute Gasteiger partial charge is 0.385 e. The summed E-state index contributed by atoms with van der Waals surface area (Å²) in [4.78, 5) is 20.8. The zero-order valence-electron chi connectivity index (χ0n) is 17.3. The van der Waals surface area contributed by atoms with Gasteiger partial charge in [0, 0.05) is 44.1 Å². The van der Waals surface area contributed by atoms with Gasteiger partial charge in [0.2, 0.25) is 0 Å². The van der Waals surface area contributed by atoms with E-state index in [-0.39, 0.29) is 17.8 Å². The van der Waals surface area contributed by atoms with E-state index in [1.54, 1.807) is 20.4 Å². The molecule has 5 rings (SSSR count). The Morgan fingerprint density at radius 3 is 3.00 bits per heavy atom. The number of carbonyl (C=O) groups excluding carboxylic acids is 1. The normalized spacial score (nSPS) is 19.2. The first kappa shape index (κ1) is 19.5. The van der Waals surface area contributed by atoms with Gasteiger partial charge in [0.1, 0.15) is 17.4 Å². The molecule has 1 amide bonds. The number of primary amides is 1. The SMILES string of the molecule is CNc1cc(-c2cn([C@@H]3CCOC[C@H]3OC)c3ncccc23)nn2c(C(N)=O)cnc12. The van der Waals surface area contributed by atoms with E-state index in [1.165, 1.54) is 10.7 Å². The summed E-state index contributed by atoms with van der Waals surface area (Å²) in [5, 5.41) is 8.79. The van der Waals surface area contributed by atoms with Crippen molar-refractivity contribution < 1.29 is 14.3 Å². The summed E-state index contributed by atoms with van der Waals surface area (Å²) in [7, 11) is 3.50. The standard InChI is InChI=1S/C21H23N7O3/c1-23-15-8-14(26-28-17(19(22)29)9-25-21(15)28)13-10-27(20-12(13)4-3-6-24-20)16-5-7-31-11-18(16)30-2/h3-4,6,8-10,16,18,23H,5,7,11H2,1-2H3,(H2,22,29)/t16-,18-/m1/s1. The number of hydrogen-bond donors (Lipinski definition) is 2. The van der Waals surface area contributed by atoms with Crippen LogP contribution in [0.25, 0.3) is 27.9 Å². The lowest BCUT2D eigenvalue weighted by molar-refractivity contribution is -0.0592. The fourth-order valence-electron chi connectivity index (χ4n) is 4.24. The number of nitrogens with zero attached hydrogens (tertiary/aromatic N) is 5. The number of nitrogens with one attached hydrogen (secondary N) is 1. The average Bonchev–Trinajstić information content (AvgIpc) is 3.40. The highest BCUT2D eigenvalue weighted by Gasteiger charge is 2.29. The number of pyridine rings is 1.